The maximum atomic E-state index is 12.6. The van der Waals surface area contributed by atoms with E-state index in [1.807, 2.05) is 24.0 Å². The van der Waals surface area contributed by atoms with Gasteiger partial charge in [0.15, 0.2) is 0 Å². The predicted octanol–water partition coefficient (Wildman–Crippen LogP) is 5.51. The Morgan fingerprint density at radius 3 is 2.50 bits per heavy atom. The third-order valence-corrected chi connectivity index (χ3v) is 5.85. The highest BCUT2D eigenvalue weighted by Crippen LogP contribution is 2.35. The van der Waals surface area contributed by atoms with E-state index in [1.165, 1.54) is 11.1 Å². The number of amides is 1. The van der Waals surface area contributed by atoms with Crippen LogP contribution in [0, 0.1) is 13.8 Å². The molecule has 0 aliphatic carbocycles. The first-order valence-electron chi connectivity index (χ1n) is 10.5. The Kier molecular flexibility index (Phi) is 5.22. The van der Waals surface area contributed by atoms with Crippen molar-refractivity contribution in [2.45, 2.75) is 65.5 Å². The van der Waals surface area contributed by atoms with Crippen LogP contribution in [-0.2, 0) is 16.8 Å². The first kappa shape index (κ1) is 20.3. The van der Waals surface area contributed by atoms with Gasteiger partial charge >= 0.3 is 0 Å². The number of likely N-dealkylation sites (tertiary alicyclic amines) is 1. The SMILES string of the molecule is Cc1ccc(-c2noc(C3CCC(=O)N3Cc3ccc(C(C)(C)C)cc3)n2)c(C)c1. The Morgan fingerprint density at radius 1 is 1.10 bits per heavy atom. The Hall–Kier alpha value is -2.95. The normalized spacial score (nSPS) is 17.0. The van der Waals surface area contributed by atoms with E-state index in [1.54, 1.807) is 0 Å². The van der Waals surface area contributed by atoms with Gasteiger partial charge in [-0.1, -0.05) is 74.0 Å². The Morgan fingerprint density at radius 2 is 1.83 bits per heavy atom. The lowest BCUT2D eigenvalue weighted by molar-refractivity contribution is -0.129. The number of hydrogen-bond donors (Lipinski definition) is 0. The fraction of sp³-hybridized carbons (Fsp3) is 0.400. The molecule has 156 valence electrons. The van der Waals surface area contributed by atoms with E-state index in [-0.39, 0.29) is 17.4 Å². The highest BCUT2D eigenvalue weighted by molar-refractivity contribution is 5.79. The van der Waals surface area contributed by atoms with Crippen molar-refractivity contribution in [3.63, 3.8) is 0 Å². The van der Waals surface area contributed by atoms with Gasteiger partial charge in [0, 0.05) is 18.5 Å². The molecular weight excluding hydrogens is 374 g/mol. The van der Waals surface area contributed by atoms with Crippen LogP contribution in [0.5, 0.6) is 0 Å². The highest BCUT2D eigenvalue weighted by Gasteiger charge is 2.36. The lowest BCUT2D eigenvalue weighted by Crippen LogP contribution is -2.27. The van der Waals surface area contributed by atoms with Gasteiger partial charge in [-0.3, -0.25) is 4.79 Å². The van der Waals surface area contributed by atoms with Crippen LogP contribution in [0.15, 0.2) is 47.0 Å². The summed E-state index contributed by atoms with van der Waals surface area (Å²) >= 11 is 0. The molecule has 0 N–H and O–H groups in total. The highest BCUT2D eigenvalue weighted by atomic mass is 16.5. The minimum absolute atomic E-state index is 0.110. The summed E-state index contributed by atoms with van der Waals surface area (Å²) in [6.07, 6.45) is 1.21. The summed E-state index contributed by atoms with van der Waals surface area (Å²) in [5.74, 6) is 1.23. The largest absolute Gasteiger partial charge is 0.337 e. The summed E-state index contributed by atoms with van der Waals surface area (Å²) in [4.78, 5) is 19.1. The summed E-state index contributed by atoms with van der Waals surface area (Å²) in [5.41, 5.74) is 5.77. The molecule has 1 fully saturated rings. The zero-order valence-electron chi connectivity index (χ0n) is 18.4. The molecule has 3 aromatic rings. The molecule has 1 atom stereocenters. The average Bonchev–Trinajstić information content (AvgIpc) is 3.29. The molecule has 1 aromatic heterocycles. The van der Waals surface area contributed by atoms with Gasteiger partial charge in [-0.25, -0.2) is 0 Å². The summed E-state index contributed by atoms with van der Waals surface area (Å²) in [5, 5.41) is 4.20. The van der Waals surface area contributed by atoms with Crippen LogP contribution in [-0.4, -0.2) is 20.9 Å². The van der Waals surface area contributed by atoms with Crippen molar-refractivity contribution in [3.05, 3.63) is 70.6 Å². The summed E-state index contributed by atoms with van der Waals surface area (Å²) < 4.78 is 5.61. The molecule has 0 radical (unpaired) electrons. The van der Waals surface area contributed by atoms with Crippen LogP contribution >= 0.6 is 0 Å². The van der Waals surface area contributed by atoms with E-state index in [9.17, 15) is 4.79 Å². The Balaban J connectivity index is 1.55. The molecule has 0 saturated carbocycles. The molecule has 30 heavy (non-hydrogen) atoms. The van der Waals surface area contributed by atoms with Crippen LogP contribution in [0.25, 0.3) is 11.4 Å². The second-order valence-electron chi connectivity index (χ2n) is 9.30. The number of rotatable bonds is 4. The second kappa shape index (κ2) is 7.71. The molecule has 1 aliphatic rings. The molecule has 0 bridgehead atoms. The smallest absolute Gasteiger partial charge is 0.249 e. The lowest BCUT2D eigenvalue weighted by Gasteiger charge is -2.23. The fourth-order valence-electron chi connectivity index (χ4n) is 4.04. The van der Waals surface area contributed by atoms with E-state index >= 15 is 0 Å². The van der Waals surface area contributed by atoms with Crippen molar-refractivity contribution in [1.82, 2.24) is 15.0 Å². The van der Waals surface area contributed by atoms with Gasteiger partial charge < -0.3 is 9.42 Å². The number of carbonyl (C=O) groups excluding carboxylic acids is 1. The van der Waals surface area contributed by atoms with Crippen molar-refractivity contribution in [1.29, 1.82) is 0 Å². The standard InChI is InChI=1S/C25H29N3O2/c1-16-6-11-20(17(2)14-16)23-26-24(30-27-23)21-12-13-22(29)28(21)15-18-7-9-19(10-8-18)25(3,4)5/h6-11,14,21H,12-13,15H2,1-5H3. The number of nitrogens with zero attached hydrogens (tertiary/aromatic N) is 3. The topological polar surface area (TPSA) is 59.2 Å². The van der Waals surface area contributed by atoms with Crippen LogP contribution in [0.1, 0.15) is 67.8 Å². The minimum atomic E-state index is -0.174. The summed E-state index contributed by atoms with van der Waals surface area (Å²) in [6.45, 7) is 11.3. The monoisotopic (exact) mass is 403 g/mol. The fourth-order valence-corrected chi connectivity index (χ4v) is 4.04. The first-order valence-corrected chi connectivity index (χ1v) is 10.5. The maximum absolute atomic E-state index is 12.6. The molecule has 2 heterocycles. The minimum Gasteiger partial charge on any atom is -0.337 e. The molecule has 1 saturated heterocycles. The molecule has 2 aromatic carbocycles. The molecule has 1 aliphatic heterocycles. The lowest BCUT2D eigenvalue weighted by atomic mass is 9.87. The number of hydrogen-bond acceptors (Lipinski definition) is 4. The summed E-state index contributed by atoms with van der Waals surface area (Å²) in [7, 11) is 0. The van der Waals surface area contributed by atoms with Gasteiger partial charge in [-0.15, -0.1) is 0 Å². The van der Waals surface area contributed by atoms with E-state index in [2.05, 4.69) is 68.2 Å². The quantitative estimate of drug-likeness (QED) is 0.576. The Bertz CT molecular complexity index is 1060. The van der Waals surface area contributed by atoms with Gasteiger partial charge in [0.25, 0.3) is 0 Å². The first-order chi connectivity index (χ1) is 14.2. The average molecular weight is 404 g/mol. The van der Waals surface area contributed by atoms with Crippen molar-refractivity contribution in [2.75, 3.05) is 0 Å². The van der Waals surface area contributed by atoms with Gasteiger partial charge in [-0.05, 0) is 42.4 Å². The number of carbonyl (C=O) groups is 1. The van der Waals surface area contributed by atoms with E-state index in [0.29, 0.717) is 31.1 Å². The van der Waals surface area contributed by atoms with Gasteiger partial charge in [-0.2, -0.15) is 4.98 Å². The molecule has 1 unspecified atom stereocenters. The molecule has 1 amide bonds. The molecule has 5 nitrogen and oxygen atoms in total. The van der Waals surface area contributed by atoms with Crippen molar-refractivity contribution in [3.8, 4) is 11.4 Å². The second-order valence-corrected chi connectivity index (χ2v) is 9.30. The van der Waals surface area contributed by atoms with Crippen LogP contribution in [0.3, 0.4) is 0 Å². The van der Waals surface area contributed by atoms with E-state index in [0.717, 1.165) is 16.7 Å². The maximum Gasteiger partial charge on any atom is 0.249 e. The van der Waals surface area contributed by atoms with Gasteiger partial charge in [0.2, 0.25) is 17.6 Å². The number of aromatic nitrogens is 2. The van der Waals surface area contributed by atoms with E-state index in [4.69, 9.17) is 4.52 Å². The Labute approximate surface area is 178 Å². The third-order valence-electron chi connectivity index (χ3n) is 5.85. The van der Waals surface area contributed by atoms with Crippen LogP contribution < -0.4 is 0 Å². The van der Waals surface area contributed by atoms with Crippen LogP contribution in [0.2, 0.25) is 0 Å². The number of benzene rings is 2. The molecule has 4 rings (SSSR count). The molecule has 5 heteroatoms. The van der Waals surface area contributed by atoms with Crippen molar-refractivity contribution < 1.29 is 9.32 Å². The molecule has 0 spiro atoms. The van der Waals surface area contributed by atoms with Gasteiger partial charge in [0.1, 0.15) is 6.04 Å². The zero-order chi connectivity index (χ0) is 21.5. The van der Waals surface area contributed by atoms with Crippen molar-refractivity contribution in [2.24, 2.45) is 0 Å². The third kappa shape index (κ3) is 4.02. The summed E-state index contributed by atoms with van der Waals surface area (Å²) in [6, 6.07) is 14.5. The predicted molar refractivity (Wildman–Crippen MR) is 117 cm³/mol. The van der Waals surface area contributed by atoms with E-state index < -0.39 is 0 Å². The van der Waals surface area contributed by atoms with Gasteiger partial charge in [0.05, 0.1) is 0 Å². The van der Waals surface area contributed by atoms with Crippen molar-refractivity contribution >= 4 is 5.91 Å². The zero-order valence-corrected chi connectivity index (χ0v) is 18.4. The molecular formula is C25H29N3O2. The number of aryl methyl sites for hydroxylation is 2. The van der Waals surface area contributed by atoms with Crippen LogP contribution in [0.4, 0.5) is 0 Å².